The summed E-state index contributed by atoms with van der Waals surface area (Å²) < 4.78 is 26.9. The predicted molar refractivity (Wildman–Crippen MR) is 252 cm³/mol. The van der Waals surface area contributed by atoms with Crippen molar-refractivity contribution in [2.75, 3.05) is 26.4 Å². The number of ether oxygens (including phenoxy) is 1. The molecule has 9 nitrogen and oxygen atoms in total. The van der Waals surface area contributed by atoms with Crippen LogP contribution in [0.5, 0.6) is 0 Å². The van der Waals surface area contributed by atoms with Gasteiger partial charge in [0.15, 0.2) is 0 Å². The van der Waals surface area contributed by atoms with E-state index in [9.17, 15) is 24.2 Å². The summed E-state index contributed by atoms with van der Waals surface area (Å²) in [6.45, 7) is 3.48. The molecule has 0 aromatic rings. The topological polar surface area (TPSA) is 131 Å². The summed E-state index contributed by atoms with van der Waals surface area (Å²) >= 11 is 0. The molecular weight excluding hydrogens is 774 g/mol. The lowest BCUT2D eigenvalue weighted by Gasteiger charge is -2.15. The van der Waals surface area contributed by atoms with E-state index in [1.54, 1.807) is 0 Å². The van der Waals surface area contributed by atoms with Gasteiger partial charge in [-0.1, -0.05) is 170 Å². The van der Waals surface area contributed by atoms with E-state index < -0.39 is 26.5 Å². The van der Waals surface area contributed by atoms with E-state index in [0.29, 0.717) is 6.42 Å². The number of aliphatic hydroxyl groups is 1. The number of esters is 1. The van der Waals surface area contributed by atoms with E-state index >= 15 is 0 Å². The van der Waals surface area contributed by atoms with Gasteiger partial charge in [-0.25, -0.2) is 4.57 Å². The van der Waals surface area contributed by atoms with Crippen LogP contribution in [0.3, 0.4) is 0 Å². The first-order chi connectivity index (χ1) is 29.3. The highest BCUT2D eigenvalue weighted by Crippen LogP contribution is 2.42. The molecule has 10 heteroatoms. The second-order valence-electron chi connectivity index (χ2n) is 15.7. The Morgan fingerprint density at radius 2 is 0.900 bits per heavy atom. The summed E-state index contributed by atoms with van der Waals surface area (Å²) in [6.07, 6.45) is 56.8. The summed E-state index contributed by atoms with van der Waals surface area (Å²) in [6, 6.07) is 0. The zero-order valence-electron chi connectivity index (χ0n) is 38.1. The molecule has 0 aromatic heterocycles. The SMILES string of the molecule is CCCCC/C=C\C/C=C\C/C=C\C/C=C\CCCCCCCC(=O)NCCOP(=O)(O)OCC(O)COC(=O)CCCCCCCCC/C=C\C/C=C\CCCCCC. The molecule has 2 atom stereocenters. The summed E-state index contributed by atoms with van der Waals surface area (Å²) in [4.78, 5) is 34.0. The zero-order valence-corrected chi connectivity index (χ0v) is 39.0. The van der Waals surface area contributed by atoms with Gasteiger partial charge < -0.3 is 20.1 Å². The Labute approximate surface area is 367 Å². The van der Waals surface area contributed by atoms with Crippen molar-refractivity contribution in [3.63, 3.8) is 0 Å². The van der Waals surface area contributed by atoms with Crippen LogP contribution in [0, 0.1) is 0 Å². The number of allylic oxidation sites excluding steroid dienone is 12. The molecule has 0 bridgehead atoms. The van der Waals surface area contributed by atoms with Gasteiger partial charge in [0, 0.05) is 19.4 Å². The van der Waals surface area contributed by atoms with Crippen molar-refractivity contribution in [1.29, 1.82) is 0 Å². The van der Waals surface area contributed by atoms with Crippen LogP contribution in [0.1, 0.15) is 200 Å². The Kier molecular flexibility index (Phi) is 44.0. The maximum atomic E-state index is 12.1. The molecule has 0 spiro atoms. The van der Waals surface area contributed by atoms with Crippen molar-refractivity contribution in [1.82, 2.24) is 5.32 Å². The molecule has 0 aliphatic rings. The molecule has 0 rings (SSSR count). The Hall–Kier alpha value is -2.55. The van der Waals surface area contributed by atoms with Gasteiger partial charge in [-0.05, 0) is 89.9 Å². The van der Waals surface area contributed by atoms with Crippen LogP contribution < -0.4 is 5.32 Å². The average Bonchev–Trinajstić information content (AvgIpc) is 3.23. The van der Waals surface area contributed by atoms with Crippen LogP contribution >= 0.6 is 7.82 Å². The number of unbranched alkanes of at least 4 members (excludes halogenated alkanes) is 19. The molecule has 3 N–H and O–H groups in total. The van der Waals surface area contributed by atoms with Crippen molar-refractivity contribution >= 4 is 19.7 Å². The Bertz CT molecular complexity index is 1210. The maximum Gasteiger partial charge on any atom is 0.472 e. The standard InChI is InChI=1S/C50H88NO8P/c1-3-5-7-9-11-13-15-17-19-21-23-24-25-26-28-30-32-34-36-38-40-42-49(53)51-44-45-58-60(55,56)59-47-48(52)46-57-50(54)43-41-39-37-35-33-31-29-27-22-20-18-16-14-12-10-8-6-4-2/h11,13-14,16-17,19-20,22-24,26,28,48,52H,3-10,12,15,18,21,25,27,29-47H2,1-2H3,(H,51,53)(H,55,56)/b13-11-,16-14-,19-17-,22-20-,24-23-,28-26-. The van der Waals surface area contributed by atoms with Gasteiger partial charge in [-0.15, -0.1) is 0 Å². The number of phosphoric ester groups is 1. The number of nitrogens with one attached hydrogen (secondary N) is 1. The van der Waals surface area contributed by atoms with Crippen LogP contribution in [0.4, 0.5) is 0 Å². The molecule has 0 aromatic carbocycles. The molecule has 0 saturated carbocycles. The second kappa shape index (κ2) is 46.0. The molecule has 60 heavy (non-hydrogen) atoms. The molecule has 346 valence electrons. The molecule has 2 unspecified atom stereocenters. The summed E-state index contributed by atoms with van der Waals surface area (Å²) in [5.74, 6) is -0.545. The van der Waals surface area contributed by atoms with Gasteiger partial charge >= 0.3 is 13.8 Å². The Morgan fingerprint density at radius 3 is 1.38 bits per heavy atom. The quantitative estimate of drug-likeness (QED) is 0.0239. The van der Waals surface area contributed by atoms with Crippen LogP contribution in [0.25, 0.3) is 0 Å². The summed E-state index contributed by atoms with van der Waals surface area (Å²) in [7, 11) is -4.43. The number of rotatable bonds is 44. The van der Waals surface area contributed by atoms with Crippen LogP contribution in [-0.4, -0.2) is 54.3 Å². The van der Waals surface area contributed by atoms with Gasteiger partial charge in [0.05, 0.1) is 13.2 Å². The van der Waals surface area contributed by atoms with E-state index in [-0.39, 0.29) is 32.1 Å². The number of carbonyl (C=O) groups is 2. The summed E-state index contributed by atoms with van der Waals surface area (Å²) in [5.41, 5.74) is 0. The van der Waals surface area contributed by atoms with Crippen molar-refractivity contribution in [3.05, 3.63) is 72.9 Å². The normalized spacial score (nSPS) is 13.9. The van der Waals surface area contributed by atoms with Crippen LogP contribution in [-0.2, 0) is 27.9 Å². The highest BCUT2D eigenvalue weighted by molar-refractivity contribution is 7.47. The number of carbonyl (C=O) groups excluding carboxylic acids is 2. The van der Waals surface area contributed by atoms with Gasteiger partial charge in [-0.3, -0.25) is 18.6 Å². The summed E-state index contributed by atoms with van der Waals surface area (Å²) in [5, 5.41) is 12.7. The Balaban J connectivity index is 3.64. The lowest BCUT2D eigenvalue weighted by Crippen LogP contribution is -2.27. The van der Waals surface area contributed by atoms with E-state index in [0.717, 1.165) is 96.3 Å². The molecule has 0 heterocycles. The minimum atomic E-state index is -4.43. The van der Waals surface area contributed by atoms with Crippen molar-refractivity contribution in [2.45, 2.75) is 206 Å². The number of phosphoric acid groups is 1. The number of hydrogen-bond donors (Lipinski definition) is 3. The average molecular weight is 862 g/mol. The van der Waals surface area contributed by atoms with Crippen molar-refractivity contribution in [3.8, 4) is 0 Å². The molecule has 1 amide bonds. The fraction of sp³-hybridized carbons (Fsp3) is 0.720. The van der Waals surface area contributed by atoms with Gasteiger partial charge in [0.1, 0.15) is 12.7 Å². The lowest BCUT2D eigenvalue weighted by molar-refractivity contribution is -0.147. The van der Waals surface area contributed by atoms with Crippen LogP contribution in [0.2, 0.25) is 0 Å². The van der Waals surface area contributed by atoms with E-state index in [2.05, 4.69) is 92.1 Å². The minimum absolute atomic E-state index is 0.0667. The highest BCUT2D eigenvalue weighted by Gasteiger charge is 2.23. The number of amides is 1. The van der Waals surface area contributed by atoms with Crippen molar-refractivity contribution < 1.29 is 37.9 Å². The fourth-order valence-electron chi connectivity index (χ4n) is 6.22. The molecule has 0 aliphatic heterocycles. The monoisotopic (exact) mass is 862 g/mol. The van der Waals surface area contributed by atoms with Gasteiger partial charge in [0.2, 0.25) is 5.91 Å². The molecule has 0 fully saturated rings. The van der Waals surface area contributed by atoms with E-state index in [1.165, 1.54) is 77.0 Å². The third kappa shape index (κ3) is 46.5. The Morgan fingerprint density at radius 1 is 0.517 bits per heavy atom. The largest absolute Gasteiger partial charge is 0.472 e. The highest BCUT2D eigenvalue weighted by atomic mass is 31.2. The predicted octanol–water partition coefficient (Wildman–Crippen LogP) is 13.8. The van der Waals surface area contributed by atoms with Gasteiger partial charge in [0.25, 0.3) is 0 Å². The van der Waals surface area contributed by atoms with E-state index in [4.69, 9.17) is 13.8 Å². The first kappa shape index (κ1) is 57.4. The minimum Gasteiger partial charge on any atom is -0.463 e. The first-order valence-corrected chi connectivity index (χ1v) is 25.4. The van der Waals surface area contributed by atoms with Crippen molar-refractivity contribution in [2.24, 2.45) is 0 Å². The zero-order chi connectivity index (χ0) is 43.9. The molecule has 0 saturated heterocycles. The number of hydrogen-bond acceptors (Lipinski definition) is 7. The third-order valence-corrected chi connectivity index (χ3v) is 10.8. The van der Waals surface area contributed by atoms with Gasteiger partial charge in [-0.2, -0.15) is 0 Å². The molecule has 0 radical (unpaired) electrons. The van der Waals surface area contributed by atoms with Crippen LogP contribution in [0.15, 0.2) is 72.9 Å². The smallest absolute Gasteiger partial charge is 0.463 e. The fourth-order valence-corrected chi connectivity index (χ4v) is 6.97. The van der Waals surface area contributed by atoms with E-state index in [1.807, 2.05) is 0 Å². The maximum absolute atomic E-state index is 12.1. The second-order valence-corrected chi connectivity index (χ2v) is 17.2. The number of aliphatic hydroxyl groups excluding tert-OH is 1. The molecular formula is C50H88NO8P. The molecule has 0 aliphatic carbocycles. The third-order valence-electron chi connectivity index (χ3n) is 9.86. The first-order valence-electron chi connectivity index (χ1n) is 23.9. The lowest BCUT2D eigenvalue weighted by atomic mass is 10.1.